The Hall–Kier alpha value is -1.88. The van der Waals surface area contributed by atoms with Crippen LogP contribution in [0.4, 0.5) is 5.69 Å². The lowest BCUT2D eigenvalue weighted by Gasteiger charge is -2.14. The van der Waals surface area contributed by atoms with E-state index in [-0.39, 0.29) is 24.0 Å². The van der Waals surface area contributed by atoms with Crippen molar-refractivity contribution in [1.82, 2.24) is 4.90 Å². The number of benzene rings is 2. The van der Waals surface area contributed by atoms with Crippen molar-refractivity contribution in [3.63, 3.8) is 0 Å². The van der Waals surface area contributed by atoms with E-state index in [9.17, 15) is 14.7 Å². The topological polar surface area (TPSA) is 78.9 Å². The lowest BCUT2D eigenvalue weighted by atomic mass is 10.2. The number of aromatic hydroxyl groups is 1. The molecule has 1 heterocycles. The Kier molecular flexibility index (Phi) is 8.15. The summed E-state index contributed by atoms with van der Waals surface area (Å²) in [6.45, 7) is 0.339. The normalized spacial score (nSPS) is 14.9. The molecule has 1 saturated heterocycles. The van der Waals surface area contributed by atoms with Gasteiger partial charge in [0.2, 0.25) is 5.91 Å². The number of carbonyl (C=O) groups is 2. The van der Waals surface area contributed by atoms with Gasteiger partial charge in [-0.15, -0.1) is 0 Å². The molecule has 2 aromatic carbocycles. The molecular formula is C21H18Br2N2O4S2. The predicted octanol–water partition coefficient (Wildman–Crippen LogP) is 5.55. The number of hydrogen-bond acceptors (Lipinski definition) is 6. The van der Waals surface area contributed by atoms with Crippen LogP contribution in [0, 0.1) is 0 Å². The minimum absolute atomic E-state index is 0.0451. The number of nitrogens with one attached hydrogen (secondary N) is 1. The summed E-state index contributed by atoms with van der Waals surface area (Å²) in [5.41, 5.74) is 1.18. The van der Waals surface area contributed by atoms with Crippen molar-refractivity contribution < 1.29 is 19.4 Å². The van der Waals surface area contributed by atoms with Crippen molar-refractivity contribution in [3.05, 3.63) is 55.8 Å². The Bertz CT molecular complexity index is 1060. The second-order valence-electron chi connectivity index (χ2n) is 6.54. The minimum Gasteiger partial charge on any atom is -0.506 e. The van der Waals surface area contributed by atoms with Crippen LogP contribution in [0.1, 0.15) is 18.4 Å². The van der Waals surface area contributed by atoms with Crippen LogP contribution in [-0.4, -0.2) is 39.8 Å². The van der Waals surface area contributed by atoms with Gasteiger partial charge in [0.05, 0.1) is 16.5 Å². The van der Waals surface area contributed by atoms with E-state index in [1.807, 2.05) is 0 Å². The highest BCUT2D eigenvalue weighted by atomic mass is 79.9. The second-order valence-corrected chi connectivity index (χ2v) is 9.98. The molecule has 0 bridgehead atoms. The number of phenolic OH excluding ortho intramolecular Hbond substituents is 1. The Morgan fingerprint density at radius 3 is 2.68 bits per heavy atom. The number of ether oxygens (including phenoxy) is 1. The molecule has 6 nitrogen and oxygen atoms in total. The smallest absolute Gasteiger partial charge is 0.266 e. The molecule has 31 heavy (non-hydrogen) atoms. The maximum atomic E-state index is 12.8. The van der Waals surface area contributed by atoms with E-state index in [4.69, 9.17) is 17.0 Å². The highest BCUT2D eigenvalue weighted by Crippen LogP contribution is 2.37. The highest BCUT2D eigenvalue weighted by Gasteiger charge is 2.32. The summed E-state index contributed by atoms with van der Waals surface area (Å²) in [5, 5.41) is 13.0. The van der Waals surface area contributed by atoms with Crippen LogP contribution in [0.3, 0.4) is 0 Å². The van der Waals surface area contributed by atoms with E-state index < -0.39 is 0 Å². The Labute approximate surface area is 206 Å². The van der Waals surface area contributed by atoms with Crippen LogP contribution >= 0.6 is 55.8 Å². The van der Waals surface area contributed by atoms with Crippen molar-refractivity contribution in [2.45, 2.75) is 12.8 Å². The SMILES string of the molecule is COc1ccc(NC(=O)CCCN2C(=O)/C(=C/c3cc(Br)cc(Br)c3O)SC2=S)cc1. The van der Waals surface area contributed by atoms with Crippen molar-refractivity contribution in [2.24, 2.45) is 0 Å². The molecule has 2 N–H and O–H groups in total. The van der Waals surface area contributed by atoms with Gasteiger partial charge in [0.15, 0.2) is 0 Å². The van der Waals surface area contributed by atoms with Crippen LogP contribution in [0.2, 0.25) is 0 Å². The number of phenols is 1. The zero-order valence-electron chi connectivity index (χ0n) is 16.4. The lowest BCUT2D eigenvalue weighted by molar-refractivity contribution is -0.122. The van der Waals surface area contributed by atoms with Crippen molar-refractivity contribution >= 4 is 83.7 Å². The fourth-order valence-electron chi connectivity index (χ4n) is 2.83. The van der Waals surface area contributed by atoms with E-state index in [1.165, 1.54) is 16.7 Å². The quantitative estimate of drug-likeness (QED) is 0.328. The summed E-state index contributed by atoms with van der Waals surface area (Å²) in [6, 6.07) is 10.5. The Morgan fingerprint density at radius 2 is 2.00 bits per heavy atom. The fourth-order valence-corrected chi connectivity index (χ4v) is 5.38. The van der Waals surface area contributed by atoms with E-state index in [1.54, 1.807) is 49.6 Å². The molecular weight excluding hydrogens is 568 g/mol. The lowest BCUT2D eigenvalue weighted by Crippen LogP contribution is -2.29. The number of anilines is 1. The van der Waals surface area contributed by atoms with Crippen molar-refractivity contribution in [2.75, 3.05) is 19.0 Å². The predicted molar refractivity (Wildman–Crippen MR) is 134 cm³/mol. The van der Waals surface area contributed by atoms with Gasteiger partial charge in [0.25, 0.3) is 5.91 Å². The molecule has 0 atom stereocenters. The molecule has 2 amide bonds. The Morgan fingerprint density at radius 1 is 1.29 bits per heavy atom. The summed E-state index contributed by atoms with van der Waals surface area (Å²) < 4.78 is 6.81. The minimum atomic E-state index is -0.235. The van der Waals surface area contributed by atoms with Gasteiger partial charge in [0.1, 0.15) is 15.8 Å². The fraction of sp³-hybridized carbons (Fsp3) is 0.190. The van der Waals surface area contributed by atoms with Gasteiger partial charge < -0.3 is 15.2 Å². The number of methoxy groups -OCH3 is 1. The molecule has 0 aromatic heterocycles. The monoisotopic (exact) mass is 584 g/mol. The summed E-state index contributed by atoms with van der Waals surface area (Å²) in [4.78, 5) is 26.8. The molecule has 0 radical (unpaired) electrons. The average Bonchev–Trinajstić information content (AvgIpc) is 2.99. The van der Waals surface area contributed by atoms with Crippen LogP contribution < -0.4 is 10.1 Å². The highest BCUT2D eigenvalue weighted by molar-refractivity contribution is 9.11. The molecule has 1 aliphatic rings. The number of thiocarbonyl (C=S) groups is 1. The van der Waals surface area contributed by atoms with Crippen LogP contribution in [0.15, 0.2) is 50.2 Å². The number of thioether (sulfide) groups is 1. The summed E-state index contributed by atoms with van der Waals surface area (Å²) >= 11 is 13.2. The maximum Gasteiger partial charge on any atom is 0.266 e. The number of rotatable bonds is 7. The third-order valence-corrected chi connectivity index (χ3v) is 6.82. The number of hydrogen-bond donors (Lipinski definition) is 2. The standard InChI is InChI=1S/C21H18Br2N2O4S2/c1-29-15-6-4-14(5-7-15)24-18(26)3-2-8-25-20(28)17(31-21(25)30)10-12-9-13(22)11-16(23)19(12)27/h4-7,9-11,27H,2-3,8H2,1H3,(H,24,26)/b17-10-. The zero-order chi connectivity index (χ0) is 22.5. The first-order chi connectivity index (χ1) is 14.8. The maximum absolute atomic E-state index is 12.8. The van der Waals surface area contributed by atoms with Gasteiger partial charge in [0, 0.05) is 28.7 Å². The number of carbonyl (C=O) groups excluding carboxylic acids is 2. The molecule has 2 aromatic rings. The zero-order valence-corrected chi connectivity index (χ0v) is 21.2. The molecule has 1 aliphatic heterocycles. The van der Waals surface area contributed by atoms with Crippen LogP contribution in [0.25, 0.3) is 6.08 Å². The third kappa shape index (κ3) is 6.09. The van der Waals surface area contributed by atoms with E-state index >= 15 is 0 Å². The van der Waals surface area contributed by atoms with Gasteiger partial charge in [-0.05, 0) is 64.8 Å². The molecule has 1 fully saturated rings. The van der Waals surface area contributed by atoms with E-state index in [0.29, 0.717) is 43.7 Å². The number of amides is 2. The van der Waals surface area contributed by atoms with Gasteiger partial charge >= 0.3 is 0 Å². The first-order valence-corrected chi connectivity index (χ1v) is 12.0. The summed E-state index contributed by atoms with van der Waals surface area (Å²) in [7, 11) is 1.58. The third-order valence-electron chi connectivity index (χ3n) is 4.38. The van der Waals surface area contributed by atoms with Crippen LogP contribution in [0.5, 0.6) is 11.5 Å². The first-order valence-electron chi connectivity index (χ1n) is 9.15. The molecule has 0 spiro atoms. The number of halogens is 2. The van der Waals surface area contributed by atoms with Gasteiger partial charge in [-0.2, -0.15) is 0 Å². The average molecular weight is 586 g/mol. The molecule has 0 aliphatic carbocycles. The van der Waals surface area contributed by atoms with Crippen molar-refractivity contribution in [1.29, 1.82) is 0 Å². The van der Waals surface area contributed by atoms with Crippen molar-refractivity contribution in [3.8, 4) is 11.5 Å². The van der Waals surface area contributed by atoms with E-state index in [2.05, 4.69) is 37.2 Å². The molecule has 0 unspecified atom stereocenters. The molecule has 0 saturated carbocycles. The largest absolute Gasteiger partial charge is 0.506 e. The second kappa shape index (κ2) is 10.6. The number of nitrogens with zero attached hydrogens (tertiary/aromatic N) is 1. The molecule has 10 heteroatoms. The summed E-state index contributed by atoms with van der Waals surface area (Å²) in [6.07, 6.45) is 2.33. The Balaban J connectivity index is 1.57. The van der Waals surface area contributed by atoms with Crippen LogP contribution in [-0.2, 0) is 9.59 Å². The van der Waals surface area contributed by atoms with E-state index in [0.717, 1.165) is 4.47 Å². The molecule has 162 valence electrons. The van der Waals surface area contributed by atoms with Gasteiger partial charge in [-0.3, -0.25) is 14.5 Å². The summed E-state index contributed by atoms with van der Waals surface area (Å²) in [5.74, 6) is 0.378. The van der Waals surface area contributed by atoms with Gasteiger partial charge in [-0.25, -0.2) is 0 Å². The van der Waals surface area contributed by atoms with Gasteiger partial charge in [-0.1, -0.05) is 39.9 Å². The molecule has 3 rings (SSSR count). The first kappa shape index (κ1) is 23.8.